The van der Waals surface area contributed by atoms with Crippen molar-refractivity contribution in [3.63, 3.8) is 0 Å². The van der Waals surface area contributed by atoms with Gasteiger partial charge >= 0.3 is 0 Å². The number of carbonyl (C=O) groups excluding carboxylic acids is 2. The molecule has 2 aromatic rings. The monoisotopic (exact) mass is 519 g/mol. The highest BCUT2D eigenvalue weighted by atomic mass is 35.5. The third-order valence-corrected chi connectivity index (χ3v) is 7.78. The Hall–Kier alpha value is -2.58. The maximum Gasteiger partial charge on any atom is 0.242 e. The van der Waals surface area contributed by atoms with Gasteiger partial charge in [0.15, 0.2) is 0 Å². The predicted octanol–water partition coefficient (Wildman–Crippen LogP) is 4.36. The minimum absolute atomic E-state index is 0.119. The molecule has 0 aromatic heterocycles. The minimum atomic E-state index is -3.50. The highest BCUT2D eigenvalue weighted by Gasteiger charge is 2.28. The highest BCUT2D eigenvalue weighted by molar-refractivity contribution is 7.92. The van der Waals surface area contributed by atoms with Crippen LogP contribution in [0.3, 0.4) is 0 Å². The van der Waals surface area contributed by atoms with Crippen LogP contribution in [-0.2, 0) is 26.2 Å². The summed E-state index contributed by atoms with van der Waals surface area (Å²) in [6, 6.07) is 15.5. The summed E-state index contributed by atoms with van der Waals surface area (Å²) in [5, 5.41) is 3.68. The fourth-order valence-electron chi connectivity index (χ4n) is 4.36. The van der Waals surface area contributed by atoms with Crippen molar-refractivity contribution >= 4 is 39.1 Å². The van der Waals surface area contributed by atoms with Gasteiger partial charge in [-0.3, -0.25) is 13.9 Å². The first-order valence-electron chi connectivity index (χ1n) is 12.0. The van der Waals surface area contributed by atoms with Gasteiger partial charge in [-0.15, -0.1) is 0 Å². The SMILES string of the molecule is CC(C(=O)NC1CCCC1)N(Cc1ccc(Cl)cc1)C(=O)CCCN(c1ccccc1)S(C)(=O)=O. The Bertz CT molecular complexity index is 1090. The first kappa shape index (κ1) is 27.0. The van der Waals surface area contributed by atoms with Crippen LogP contribution in [0.4, 0.5) is 5.69 Å². The van der Waals surface area contributed by atoms with Gasteiger partial charge in [0.1, 0.15) is 6.04 Å². The highest BCUT2D eigenvalue weighted by Crippen LogP contribution is 2.21. The van der Waals surface area contributed by atoms with Gasteiger partial charge in [-0.25, -0.2) is 8.42 Å². The van der Waals surface area contributed by atoms with Crippen molar-refractivity contribution in [1.29, 1.82) is 0 Å². The van der Waals surface area contributed by atoms with E-state index in [0.717, 1.165) is 37.5 Å². The summed E-state index contributed by atoms with van der Waals surface area (Å²) in [6.07, 6.45) is 5.73. The van der Waals surface area contributed by atoms with E-state index in [1.165, 1.54) is 4.31 Å². The Balaban J connectivity index is 1.69. The van der Waals surface area contributed by atoms with Crippen LogP contribution < -0.4 is 9.62 Å². The fourth-order valence-corrected chi connectivity index (χ4v) is 5.45. The number of sulfonamides is 1. The zero-order chi connectivity index (χ0) is 25.4. The molecule has 190 valence electrons. The Morgan fingerprint density at radius 1 is 1.06 bits per heavy atom. The summed E-state index contributed by atoms with van der Waals surface area (Å²) in [4.78, 5) is 27.9. The Kier molecular flexibility index (Phi) is 9.57. The number of nitrogens with zero attached hydrogens (tertiary/aromatic N) is 2. The molecular formula is C26H34ClN3O4S. The van der Waals surface area contributed by atoms with Gasteiger partial charge in [-0.2, -0.15) is 0 Å². The molecule has 9 heteroatoms. The van der Waals surface area contributed by atoms with E-state index in [9.17, 15) is 18.0 Å². The molecule has 0 heterocycles. The molecule has 0 spiro atoms. The number of anilines is 1. The number of carbonyl (C=O) groups is 2. The number of hydrogen-bond acceptors (Lipinski definition) is 4. The number of rotatable bonds is 11. The molecule has 35 heavy (non-hydrogen) atoms. The van der Waals surface area contributed by atoms with Gasteiger partial charge in [0.25, 0.3) is 0 Å². The lowest BCUT2D eigenvalue weighted by Gasteiger charge is -2.30. The molecule has 0 saturated heterocycles. The van der Waals surface area contributed by atoms with E-state index in [-0.39, 0.29) is 37.4 Å². The number of halogens is 1. The molecule has 1 aliphatic rings. The number of hydrogen-bond donors (Lipinski definition) is 1. The second kappa shape index (κ2) is 12.4. The molecule has 0 radical (unpaired) electrons. The van der Waals surface area contributed by atoms with E-state index in [1.807, 2.05) is 18.2 Å². The van der Waals surface area contributed by atoms with Crippen LogP contribution in [0.1, 0.15) is 51.0 Å². The molecule has 1 N–H and O–H groups in total. The number of amides is 2. The summed E-state index contributed by atoms with van der Waals surface area (Å²) in [5.74, 6) is -0.364. The van der Waals surface area contributed by atoms with Crippen molar-refractivity contribution in [1.82, 2.24) is 10.2 Å². The summed E-state index contributed by atoms with van der Waals surface area (Å²) in [5.41, 5.74) is 1.43. The van der Waals surface area contributed by atoms with E-state index in [2.05, 4.69) is 5.32 Å². The van der Waals surface area contributed by atoms with Gasteiger partial charge < -0.3 is 10.2 Å². The Morgan fingerprint density at radius 2 is 1.69 bits per heavy atom. The van der Waals surface area contributed by atoms with Crippen molar-refractivity contribution < 1.29 is 18.0 Å². The maximum atomic E-state index is 13.3. The largest absolute Gasteiger partial charge is 0.352 e. The van der Waals surface area contributed by atoms with Crippen LogP contribution in [0, 0.1) is 0 Å². The topological polar surface area (TPSA) is 86.8 Å². The zero-order valence-corrected chi connectivity index (χ0v) is 21.9. The van der Waals surface area contributed by atoms with Gasteiger partial charge in [0.2, 0.25) is 21.8 Å². The Morgan fingerprint density at radius 3 is 2.29 bits per heavy atom. The lowest BCUT2D eigenvalue weighted by atomic mass is 10.1. The molecule has 2 amide bonds. The van der Waals surface area contributed by atoms with E-state index in [0.29, 0.717) is 17.1 Å². The van der Waals surface area contributed by atoms with Gasteiger partial charge in [-0.1, -0.05) is 54.8 Å². The van der Waals surface area contributed by atoms with Crippen LogP contribution in [0.25, 0.3) is 0 Å². The van der Waals surface area contributed by atoms with Crippen LogP contribution in [0.15, 0.2) is 54.6 Å². The quantitative estimate of drug-likeness (QED) is 0.478. The molecule has 1 atom stereocenters. The molecule has 3 rings (SSSR count). The third kappa shape index (κ3) is 7.97. The number of para-hydroxylation sites is 1. The standard InChI is InChI=1S/C26H34ClN3O4S/c1-20(26(32)28-23-9-6-7-10-23)29(19-21-14-16-22(27)17-15-21)25(31)13-8-18-30(35(2,33)34)24-11-4-3-5-12-24/h3-5,11-12,14-17,20,23H,6-10,13,18-19H2,1-2H3,(H,28,32). The molecule has 2 aromatic carbocycles. The maximum absolute atomic E-state index is 13.3. The lowest BCUT2D eigenvalue weighted by Crippen LogP contribution is -2.49. The summed E-state index contributed by atoms with van der Waals surface area (Å²) in [7, 11) is -3.50. The van der Waals surface area contributed by atoms with Crippen LogP contribution in [0.2, 0.25) is 5.02 Å². The van der Waals surface area contributed by atoms with E-state index >= 15 is 0 Å². The number of benzene rings is 2. The average Bonchev–Trinajstić information content (AvgIpc) is 3.33. The summed E-state index contributed by atoms with van der Waals surface area (Å²) < 4.78 is 26.0. The second-order valence-corrected chi connectivity index (χ2v) is 11.4. The second-order valence-electron chi connectivity index (χ2n) is 9.09. The van der Waals surface area contributed by atoms with Crippen LogP contribution >= 0.6 is 11.6 Å². The molecule has 1 saturated carbocycles. The zero-order valence-electron chi connectivity index (χ0n) is 20.3. The van der Waals surface area contributed by atoms with Crippen molar-refractivity contribution in [2.24, 2.45) is 0 Å². The van der Waals surface area contributed by atoms with Crippen LogP contribution in [0.5, 0.6) is 0 Å². The molecule has 1 fully saturated rings. The smallest absolute Gasteiger partial charge is 0.242 e. The van der Waals surface area contributed by atoms with E-state index in [4.69, 9.17) is 11.6 Å². The summed E-state index contributed by atoms with van der Waals surface area (Å²) in [6.45, 7) is 2.18. The van der Waals surface area contributed by atoms with Crippen molar-refractivity contribution in [2.75, 3.05) is 17.1 Å². The Labute approximate surface area is 213 Å². The average molecular weight is 520 g/mol. The van der Waals surface area contributed by atoms with E-state index in [1.54, 1.807) is 48.2 Å². The third-order valence-electron chi connectivity index (χ3n) is 6.33. The molecule has 1 aliphatic carbocycles. The lowest BCUT2D eigenvalue weighted by molar-refractivity contribution is -0.141. The molecule has 0 aliphatic heterocycles. The van der Waals surface area contributed by atoms with Crippen molar-refractivity contribution in [2.45, 2.75) is 64.1 Å². The van der Waals surface area contributed by atoms with Crippen LogP contribution in [-0.4, -0.2) is 50.0 Å². The van der Waals surface area contributed by atoms with Crippen molar-refractivity contribution in [3.8, 4) is 0 Å². The van der Waals surface area contributed by atoms with Gasteiger partial charge in [0.05, 0.1) is 11.9 Å². The van der Waals surface area contributed by atoms with Crippen molar-refractivity contribution in [3.05, 3.63) is 65.2 Å². The fraction of sp³-hybridized carbons (Fsp3) is 0.462. The number of nitrogens with one attached hydrogen (secondary N) is 1. The predicted molar refractivity (Wildman–Crippen MR) is 140 cm³/mol. The molecular weight excluding hydrogens is 486 g/mol. The molecule has 0 bridgehead atoms. The van der Waals surface area contributed by atoms with Gasteiger partial charge in [0, 0.05) is 30.6 Å². The molecule has 1 unspecified atom stereocenters. The first-order chi connectivity index (χ1) is 16.6. The first-order valence-corrected chi connectivity index (χ1v) is 14.2. The van der Waals surface area contributed by atoms with E-state index < -0.39 is 16.1 Å². The molecule has 7 nitrogen and oxygen atoms in total. The van der Waals surface area contributed by atoms with Gasteiger partial charge in [-0.05, 0) is 56.0 Å². The minimum Gasteiger partial charge on any atom is -0.352 e. The summed E-state index contributed by atoms with van der Waals surface area (Å²) >= 11 is 6.01. The normalized spacial score (nSPS) is 14.9.